The highest BCUT2D eigenvalue weighted by Gasteiger charge is 2.67. The highest BCUT2D eigenvalue weighted by Crippen LogP contribution is 2.44. The minimum absolute atomic E-state index is 0.0643. The molecule has 0 unspecified atom stereocenters. The molecule has 1 aromatic rings. The van der Waals surface area contributed by atoms with Crippen molar-refractivity contribution >= 4 is 12.0 Å². The SMILES string of the molecule is CCOC(=O)[C@@H]1[C@@H](c2ccc3c(c2)OCO3)NC(=O)N[C@@]1(O)C(F)(F)F. The van der Waals surface area contributed by atoms with Crippen LogP contribution in [-0.4, -0.2) is 42.4 Å². The first-order chi connectivity index (χ1) is 12.2. The third-order valence-corrected chi connectivity index (χ3v) is 4.10. The number of nitrogens with one attached hydrogen (secondary N) is 2. The van der Waals surface area contributed by atoms with Crippen molar-refractivity contribution in [2.24, 2.45) is 5.92 Å². The number of alkyl halides is 3. The Kier molecular flexibility index (Phi) is 4.34. The number of fused-ring (bicyclic) bond motifs is 1. The molecule has 8 nitrogen and oxygen atoms in total. The third-order valence-electron chi connectivity index (χ3n) is 4.10. The summed E-state index contributed by atoms with van der Waals surface area (Å²) in [6.07, 6.45) is -5.32. The van der Waals surface area contributed by atoms with E-state index in [-0.39, 0.29) is 24.7 Å². The molecular formula is C15H15F3N2O6. The van der Waals surface area contributed by atoms with Crippen LogP contribution in [0.15, 0.2) is 18.2 Å². The molecule has 1 fully saturated rings. The number of ether oxygens (including phenoxy) is 3. The number of esters is 1. The van der Waals surface area contributed by atoms with Crippen molar-refractivity contribution in [3.05, 3.63) is 23.8 Å². The number of hydrogen-bond donors (Lipinski definition) is 3. The quantitative estimate of drug-likeness (QED) is 0.685. The van der Waals surface area contributed by atoms with Crippen LogP contribution in [0.4, 0.5) is 18.0 Å². The van der Waals surface area contributed by atoms with Crippen molar-refractivity contribution in [1.29, 1.82) is 0 Å². The molecule has 3 atom stereocenters. The van der Waals surface area contributed by atoms with E-state index in [9.17, 15) is 27.9 Å². The van der Waals surface area contributed by atoms with E-state index in [0.29, 0.717) is 5.75 Å². The Morgan fingerprint density at radius 3 is 2.73 bits per heavy atom. The smallest absolute Gasteiger partial charge is 0.437 e. The molecule has 3 N–H and O–H groups in total. The van der Waals surface area contributed by atoms with Crippen LogP contribution in [-0.2, 0) is 9.53 Å². The molecule has 0 aliphatic carbocycles. The maximum absolute atomic E-state index is 13.5. The highest BCUT2D eigenvalue weighted by atomic mass is 19.4. The summed E-state index contributed by atoms with van der Waals surface area (Å²) in [5.41, 5.74) is -3.69. The van der Waals surface area contributed by atoms with Gasteiger partial charge < -0.3 is 30.0 Å². The molecule has 2 heterocycles. The lowest BCUT2D eigenvalue weighted by Gasteiger charge is -2.44. The molecule has 1 aromatic carbocycles. The summed E-state index contributed by atoms with van der Waals surface area (Å²) in [5.74, 6) is -2.88. The summed E-state index contributed by atoms with van der Waals surface area (Å²) in [6, 6.07) is 1.34. The van der Waals surface area contributed by atoms with E-state index in [1.54, 1.807) is 0 Å². The summed E-state index contributed by atoms with van der Waals surface area (Å²) >= 11 is 0. The Labute approximate surface area is 145 Å². The van der Waals surface area contributed by atoms with Gasteiger partial charge in [0, 0.05) is 0 Å². The van der Waals surface area contributed by atoms with Gasteiger partial charge in [0.05, 0.1) is 12.6 Å². The first kappa shape index (κ1) is 18.1. The van der Waals surface area contributed by atoms with Gasteiger partial charge in [0.25, 0.3) is 5.72 Å². The van der Waals surface area contributed by atoms with E-state index < -0.39 is 35.9 Å². The molecule has 0 saturated carbocycles. The molecule has 1 saturated heterocycles. The minimum atomic E-state index is -5.32. The monoisotopic (exact) mass is 376 g/mol. The lowest BCUT2D eigenvalue weighted by atomic mass is 9.82. The van der Waals surface area contributed by atoms with Crippen molar-refractivity contribution in [1.82, 2.24) is 10.6 Å². The number of carbonyl (C=O) groups excluding carboxylic acids is 2. The van der Waals surface area contributed by atoms with E-state index in [1.807, 2.05) is 0 Å². The standard InChI is InChI=1S/C15H15F3N2O6/c1-2-24-12(21)10-11(7-3-4-8-9(5-7)26-6-25-8)19-13(22)20-14(10,23)15(16,17)18/h3-5,10-11,23H,2,6H2,1H3,(H2,19,20,22)/t10-,11+,14-/m0/s1. The van der Waals surface area contributed by atoms with Gasteiger partial charge in [-0.1, -0.05) is 6.07 Å². The van der Waals surface area contributed by atoms with Gasteiger partial charge in [0.2, 0.25) is 6.79 Å². The van der Waals surface area contributed by atoms with Gasteiger partial charge in [-0.05, 0) is 24.6 Å². The van der Waals surface area contributed by atoms with E-state index >= 15 is 0 Å². The Morgan fingerprint density at radius 1 is 1.38 bits per heavy atom. The molecule has 2 amide bonds. The van der Waals surface area contributed by atoms with Gasteiger partial charge in [-0.3, -0.25) is 4.79 Å². The molecule has 0 aromatic heterocycles. The second kappa shape index (κ2) is 6.24. The van der Waals surface area contributed by atoms with Gasteiger partial charge in [0.1, 0.15) is 5.92 Å². The Hall–Kier alpha value is -2.69. The number of carbonyl (C=O) groups is 2. The number of benzene rings is 1. The zero-order valence-corrected chi connectivity index (χ0v) is 13.4. The maximum atomic E-state index is 13.5. The summed E-state index contributed by atoms with van der Waals surface area (Å²) in [4.78, 5) is 24.0. The number of hydrogen-bond acceptors (Lipinski definition) is 6. The lowest BCUT2D eigenvalue weighted by Crippen LogP contribution is -2.73. The van der Waals surface area contributed by atoms with Gasteiger partial charge in [-0.15, -0.1) is 0 Å². The molecule has 3 rings (SSSR count). The van der Waals surface area contributed by atoms with E-state index in [2.05, 4.69) is 5.32 Å². The number of urea groups is 1. The van der Waals surface area contributed by atoms with Crippen molar-refractivity contribution in [3.63, 3.8) is 0 Å². The molecule has 2 aliphatic rings. The minimum Gasteiger partial charge on any atom is -0.466 e. The topological polar surface area (TPSA) is 106 Å². The van der Waals surface area contributed by atoms with Crippen molar-refractivity contribution in [3.8, 4) is 11.5 Å². The Bertz CT molecular complexity index is 741. The molecule has 26 heavy (non-hydrogen) atoms. The fourth-order valence-corrected chi connectivity index (χ4v) is 2.92. The van der Waals surface area contributed by atoms with Gasteiger partial charge in [-0.2, -0.15) is 13.2 Å². The number of halogens is 3. The molecule has 11 heteroatoms. The van der Waals surface area contributed by atoms with E-state index in [1.165, 1.54) is 30.4 Å². The average Bonchev–Trinajstić information content (AvgIpc) is 3.00. The third kappa shape index (κ3) is 2.87. The molecule has 2 aliphatic heterocycles. The van der Waals surface area contributed by atoms with E-state index in [0.717, 1.165) is 0 Å². The molecule has 0 radical (unpaired) electrons. The van der Waals surface area contributed by atoms with Crippen LogP contribution < -0.4 is 20.1 Å². The number of aliphatic hydroxyl groups is 1. The number of amides is 2. The second-order valence-corrected chi connectivity index (χ2v) is 5.68. The molecular weight excluding hydrogens is 361 g/mol. The zero-order valence-electron chi connectivity index (χ0n) is 13.4. The fraction of sp³-hybridized carbons (Fsp3) is 0.467. The van der Waals surface area contributed by atoms with Crippen molar-refractivity contribution in [2.75, 3.05) is 13.4 Å². The normalized spacial score (nSPS) is 27.5. The molecule has 0 bridgehead atoms. The molecule has 142 valence electrons. The van der Waals surface area contributed by atoms with Crippen LogP contribution in [0.2, 0.25) is 0 Å². The second-order valence-electron chi connectivity index (χ2n) is 5.68. The summed E-state index contributed by atoms with van der Waals surface area (Å²) in [7, 11) is 0. The Morgan fingerprint density at radius 2 is 2.08 bits per heavy atom. The lowest BCUT2D eigenvalue weighted by molar-refractivity contribution is -0.294. The van der Waals surface area contributed by atoms with Crippen LogP contribution in [0.25, 0.3) is 0 Å². The van der Waals surface area contributed by atoms with Crippen LogP contribution in [0.5, 0.6) is 11.5 Å². The summed E-state index contributed by atoms with van der Waals surface area (Å²) in [5, 5.41) is 13.8. The fourth-order valence-electron chi connectivity index (χ4n) is 2.92. The van der Waals surface area contributed by atoms with Crippen LogP contribution >= 0.6 is 0 Å². The first-order valence-corrected chi connectivity index (χ1v) is 7.61. The maximum Gasteiger partial charge on any atom is 0.437 e. The highest BCUT2D eigenvalue weighted by molar-refractivity contribution is 5.83. The van der Waals surface area contributed by atoms with Crippen LogP contribution in [0.1, 0.15) is 18.5 Å². The zero-order chi connectivity index (χ0) is 19.1. The van der Waals surface area contributed by atoms with Crippen LogP contribution in [0, 0.1) is 5.92 Å². The average molecular weight is 376 g/mol. The largest absolute Gasteiger partial charge is 0.466 e. The summed E-state index contributed by atoms with van der Waals surface area (Å²) in [6.45, 7) is 1.14. The summed E-state index contributed by atoms with van der Waals surface area (Å²) < 4.78 is 55.5. The Balaban J connectivity index is 2.08. The predicted octanol–water partition coefficient (Wildman–Crippen LogP) is 1.20. The molecule has 0 spiro atoms. The van der Waals surface area contributed by atoms with E-state index in [4.69, 9.17) is 14.2 Å². The predicted molar refractivity (Wildman–Crippen MR) is 78.1 cm³/mol. The van der Waals surface area contributed by atoms with Gasteiger partial charge in [0.15, 0.2) is 11.5 Å². The van der Waals surface area contributed by atoms with Gasteiger partial charge >= 0.3 is 18.2 Å². The van der Waals surface area contributed by atoms with Crippen LogP contribution in [0.3, 0.4) is 0 Å². The number of rotatable bonds is 3. The van der Waals surface area contributed by atoms with Crippen molar-refractivity contribution in [2.45, 2.75) is 24.9 Å². The van der Waals surface area contributed by atoms with Gasteiger partial charge in [-0.25, -0.2) is 4.79 Å². The first-order valence-electron chi connectivity index (χ1n) is 7.61. The van der Waals surface area contributed by atoms with Crippen molar-refractivity contribution < 1.29 is 42.1 Å².